The van der Waals surface area contributed by atoms with Gasteiger partial charge in [0.15, 0.2) is 0 Å². The Labute approximate surface area is 206 Å². The molecule has 9 N–H and O–H groups in total. The Hall–Kier alpha value is -4.01. The second kappa shape index (κ2) is 13.2. The van der Waals surface area contributed by atoms with Crippen LogP contribution in [0.15, 0.2) is 12.5 Å². The molecule has 2 heterocycles. The Kier molecular flexibility index (Phi) is 10.3. The van der Waals surface area contributed by atoms with E-state index in [0.717, 1.165) is 0 Å². The Morgan fingerprint density at radius 1 is 1.11 bits per heavy atom. The number of primary amides is 1. The lowest BCUT2D eigenvalue weighted by Crippen LogP contribution is -2.57. The number of hydrogen-bond acceptors (Lipinski definition) is 8. The predicted octanol–water partition coefficient (Wildman–Crippen LogP) is -2.54. The number of aromatic amines is 1. The fourth-order valence-corrected chi connectivity index (χ4v) is 3.85. The zero-order valence-corrected chi connectivity index (χ0v) is 19.5. The summed E-state index contributed by atoms with van der Waals surface area (Å²) in [5.41, 5.74) is 11.7. The highest BCUT2D eigenvalue weighted by atomic mass is 16.4. The van der Waals surface area contributed by atoms with Gasteiger partial charge in [0.2, 0.25) is 23.6 Å². The zero-order chi connectivity index (χ0) is 26.8. The Morgan fingerprint density at radius 3 is 2.39 bits per heavy atom. The fraction of sp³-hybridized carbons (Fsp3) is 0.571. The number of carbonyl (C=O) groups excluding carboxylic acids is 4. The third kappa shape index (κ3) is 8.33. The number of H-pyrrole nitrogens is 1. The second-order valence-electron chi connectivity index (χ2n) is 8.48. The molecule has 0 spiro atoms. The zero-order valence-electron chi connectivity index (χ0n) is 19.5. The van der Waals surface area contributed by atoms with Crippen LogP contribution in [0.1, 0.15) is 44.2 Å². The van der Waals surface area contributed by atoms with Gasteiger partial charge in [0.05, 0.1) is 12.4 Å². The van der Waals surface area contributed by atoms with Crippen LogP contribution in [-0.2, 0) is 35.2 Å². The molecule has 1 aromatic heterocycles. The van der Waals surface area contributed by atoms with Gasteiger partial charge in [0.25, 0.3) is 0 Å². The number of rotatable bonds is 14. The minimum atomic E-state index is -1.45. The number of carbonyl (C=O) groups is 6. The van der Waals surface area contributed by atoms with Gasteiger partial charge in [-0.3, -0.25) is 24.0 Å². The van der Waals surface area contributed by atoms with Gasteiger partial charge in [-0.15, -0.1) is 0 Å². The van der Waals surface area contributed by atoms with Crippen LogP contribution < -0.4 is 22.1 Å². The third-order valence-corrected chi connectivity index (χ3v) is 5.73. The number of carboxylic acid groups (broad SMARTS) is 2. The number of aromatic nitrogens is 2. The van der Waals surface area contributed by atoms with E-state index in [-0.39, 0.29) is 38.6 Å². The molecule has 1 saturated heterocycles. The number of nitrogens with one attached hydrogen (secondary N) is 3. The topological polar surface area (TPSA) is 251 Å². The van der Waals surface area contributed by atoms with Gasteiger partial charge >= 0.3 is 11.9 Å². The van der Waals surface area contributed by atoms with Crippen molar-refractivity contribution >= 4 is 35.6 Å². The first-order chi connectivity index (χ1) is 17.0. The summed E-state index contributed by atoms with van der Waals surface area (Å²) in [5, 5.41) is 22.9. The van der Waals surface area contributed by atoms with Crippen molar-refractivity contribution < 1.29 is 39.0 Å². The molecule has 4 amide bonds. The van der Waals surface area contributed by atoms with Crippen LogP contribution in [-0.4, -0.2) is 91.4 Å². The first-order valence-corrected chi connectivity index (χ1v) is 11.4. The van der Waals surface area contributed by atoms with E-state index in [1.807, 2.05) is 0 Å². The highest BCUT2D eigenvalue weighted by Gasteiger charge is 2.39. The summed E-state index contributed by atoms with van der Waals surface area (Å²) in [6, 6.07) is -4.71. The molecular formula is C21H31N7O8. The summed E-state index contributed by atoms with van der Waals surface area (Å²) in [6.07, 6.45) is 2.57. The largest absolute Gasteiger partial charge is 0.481 e. The molecule has 15 nitrogen and oxygen atoms in total. The average molecular weight is 510 g/mol. The van der Waals surface area contributed by atoms with E-state index in [2.05, 4.69) is 20.6 Å². The normalized spacial score (nSPS) is 17.6. The maximum atomic E-state index is 13.3. The molecule has 1 aromatic rings. The highest BCUT2D eigenvalue weighted by Crippen LogP contribution is 2.20. The molecule has 0 saturated carbocycles. The lowest BCUT2D eigenvalue weighted by atomic mass is 10.1. The van der Waals surface area contributed by atoms with Crippen LogP contribution >= 0.6 is 0 Å². The molecule has 4 unspecified atom stereocenters. The fourth-order valence-electron chi connectivity index (χ4n) is 3.85. The first-order valence-electron chi connectivity index (χ1n) is 11.4. The number of amides is 4. The number of carboxylic acids is 2. The maximum absolute atomic E-state index is 13.3. The van der Waals surface area contributed by atoms with E-state index in [1.54, 1.807) is 0 Å². The van der Waals surface area contributed by atoms with Crippen molar-refractivity contribution in [1.29, 1.82) is 0 Å². The number of likely N-dealkylation sites (tertiary alicyclic amines) is 1. The molecule has 0 bridgehead atoms. The van der Waals surface area contributed by atoms with Crippen LogP contribution in [0.25, 0.3) is 0 Å². The van der Waals surface area contributed by atoms with Gasteiger partial charge in [0.1, 0.15) is 18.1 Å². The standard InChI is InChI=1S/C21H31N7O8/c22-12(8-11-9-24-10-25-11)18(32)26-13(3-5-16(23)29)20(34)28-7-1-2-15(28)19(33)27-14(21(35)36)4-6-17(30)31/h9-10,12-15H,1-8,22H2,(H2,23,29)(H,24,25)(H,26,32)(H,27,33)(H,30,31)(H,35,36). The summed E-state index contributed by atoms with van der Waals surface area (Å²) < 4.78 is 0. The molecule has 36 heavy (non-hydrogen) atoms. The van der Waals surface area contributed by atoms with Crippen LogP contribution in [0.3, 0.4) is 0 Å². The smallest absolute Gasteiger partial charge is 0.326 e. The van der Waals surface area contributed by atoms with Crippen LogP contribution in [0.2, 0.25) is 0 Å². The second-order valence-corrected chi connectivity index (χ2v) is 8.48. The molecule has 1 fully saturated rings. The van der Waals surface area contributed by atoms with E-state index >= 15 is 0 Å². The van der Waals surface area contributed by atoms with Gasteiger partial charge < -0.3 is 42.2 Å². The van der Waals surface area contributed by atoms with Crippen molar-refractivity contribution in [3.63, 3.8) is 0 Å². The van der Waals surface area contributed by atoms with Gasteiger partial charge in [-0.2, -0.15) is 0 Å². The number of nitrogens with zero attached hydrogens (tertiary/aromatic N) is 2. The van der Waals surface area contributed by atoms with E-state index in [9.17, 15) is 33.9 Å². The molecule has 0 aromatic carbocycles. The van der Waals surface area contributed by atoms with E-state index < -0.39 is 66.2 Å². The van der Waals surface area contributed by atoms with Crippen molar-refractivity contribution in [1.82, 2.24) is 25.5 Å². The van der Waals surface area contributed by atoms with E-state index in [4.69, 9.17) is 16.6 Å². The van der Waals surface area contributed by atoms with Crippen molar-refractivity contribution in [2.24, 2.45) is 11.5 Å². The lowest BCUT2D eigenvalue weighted by Gasteiger charge is -2.30. The summed E-state index contributed by atoms with van der Waals surface area (Å²) in [6.45, 7) is 0.160. The highest BCUT2D eigenvalue weighted by molar-refractivity contribution is 5.94. The number of imidazole rings is 1. The minimum absolute atomic E-state index is 0.115. The first kappa shape index (κ1) is 28.2. The number of nitrogens with two attached hydrogens (primary N) is 2. The monoisotopic (exact) mass is 509 g/mol. The van der Waals surface area contributed by atoms with E-state index in [0.29, 0.717) is 12.1 Å². The summed E-state index contributed by atoms with van der Waals surface area (Å²) in [7, 11) is 0. The minimum Gasteiger partial charge on any atom is -0.481 e. The molecule has 198 valence electrons. The summed E-state index contributed by atoms with van der Waals surface area (Å²) in [5.74, 6) is -5.37. The van der Waals surface area contributed by atoms with Crippen LogP contribution in [0, 0.1) is 0 Å². The lowest BCUT2D eigenvalue weighted by molar-refractivity contribution is -0.145. The molecular weight excluding hydrogens is 478 g/mol. The number of aliphatic carboxylic acids is 2. The number of hydrogen-bond donors (Lipinski definition) is 7. The maximum Gasteiger partial charge on any atom is 0.326 e. The Morgan fingerprint density at radius 2 is 1.81 bits per heavy atom. The van der Waals surface area contributed by atoms with Gasteiger partial charge in [-0.1, -0.05) is 0 Å². The van der Waals surface area contributed by atoms with Gasteiger partial charge in [0, 0.05) is 37.7 Å². The third-order valence-electron chi connectivity index (χ3n) is 5.73. The predicted molar refractivity (Wildman–Crippen MR) is 122 cm³/mol. The molecule has 0 radical (unpaired) electrons. The molecule has 15 heteroatoms. The van der Waals surface area contributed by atoms with Gasteiger partial charge in [-0.25, -0.2) is 9.78 Å². The van der Waals surface area contributed by atoms with Crippen molar-refractivity contribution in [2.45, 2.75) is 69.1 Å². The molecule has 1 aliphatic rings. The summed E-state index contributed by atoms with van der Waals surface area (Å²) in [4.78, 5) is 80.2. The molecule has 4 atom stereocenters. The van der Waals surface area contributed by atoms with Crippen molar-refractivity contribution in [2.75, 3.05) is 6.54 Å². The van der Waals surface area contributed by atoms with Gasteiger partial charge in [-0.05, 0) is 25.7 Å². The average Bonchev–Trinajstić information content (AvgIpc) is 3.50. The molecule has 2 rings (SSSR count). The Balaban J connectivity index is 2.10. The SMILES string of the molecule is NC(=O)CCC(NC(=O)C(N)Cc1cnc[nH]1)C(=O)N1CCCC1C(=O)NC(CCC(=O)O)C(=O)O. The van der Waals surface area contributed by atoms with Crippen LogP contribution in [0.5, 0.6) is 0 Å². The molecule has 1 aliphatic heterocycles. The van der Waals surface area contributed by atoms with Crippen molar-refractivity contribution in [3.8, 4) is 0 Å². The molecule has 0 aliphatic carbocycles. The van der Waals surface area contributed by atoms with Crippen LogP contribution in [0.4, 0.5) is 0 Å². The Bertz CT molecular complexity index is 967. The quantitative estimate of drug-likeness (QED) is 0.138. The van der Waals surface area contributed by atoms with Crippen molar-refractivity contribution in [3.05, 3.63) is 18.2 Å². The summed E-state index contributed by atoms with van der Waals surface area (Å²) >= 11 is 0. The van der Waals surface area contributed by atoms with E-state index in [1.165, 1.54) is 17.4 Å².